The standard InChI is InChI=1S/C65H120N10O16/c1-59(2,3)86-53(78)44-68-25-22-66(23-26-69(45-54(79)87-60(4,5)6)29-31-71(30-28-68)47-56(81)89-62(10,11)12)42-51(76)74-38-39-75(41-50(40-74)58(83)84-20)52(77)43-67-24-27-70(46-55(80)88-61(7,8)9)32-33-72(48-57(82)90-63(13,14)15)35-37-73(36-34-67)49-65(19,85-21)91-64(16,17)18/h50H,22-49H2,1-21H3. The smallest absolute Gasteiger partial charge is 0.320 e. The molecule has 3 heterocycles. The zero-order valence-electron chi connectivity index (χ0n) is 59.9. The molecule has 0 bridgehead atoms. The zero-order valence-corrected chi connectivity index (χ0v) is 59.9. The molecule has 0 aromatic rings. The van der Waals surface area contributed by atoms with Crippen molar-refractivity contribution >= 4 is 47.6 Å². The van der Waals surface area contributed by atoms with Gasteiger partial charge in [-0.1, -0.05) is 0 Å². The van der Waals surface area contributed by atoms with Crippen LogP contribution in [-0.2, 0) is 76.3 Å². The Labute approximate surface area is 545 Å². The van der Waals surface area contributed by atoms with E-state index in [0.29, 0.717) is 111 Å². The number of esters is 6. The molecule has 0 spiro atoms. The summed E-state index contributed by atoms with van der Waals surface area (Å²) in [7, 11) is 2.89. The number of nitrogens with zero attached hydrogens (tertiary/aromatic N) is 10. The molecular formula is C65H120N10O16. The third-order valence-corrected chi connectivity index (χ3v) is 14.7. The van der Waals surface area contributed by atoms with Crippen LogP contribution in [0.15, 0.2) is 0 Å². The molecular weight excluding hydrogens is 1180 g/mol. The SMILES string of the molecule is COC(=O)C1CN(C(=O)CN2CCN(CC(=O)OC(C)(C)C)CCN(CC(=O)OC(C)(C)C)CCN(CC(=O)OC(C)(C)C)CC2)CCN(C(=O)CN2CCN(CC(=O)OC(C)(C)C)CCN(CC(=O)OC(C)(C)C)CCN(CC(C)(OC)OC(C)(C)C)CC2)C1. The van der Waals surface area contributed by atoms with Gasteiger partial charge in [-0.05, 0) is 132 Å². The van der Waals surface area contributed by atoms with Gasteiger partial charge in [0.15, 0.2) is 5.79 Å². The van der Waals surface area contributed by atoms with Crippen LogP contribution in [0.5, 0.6) is 0 Å². The Balaban J connectivity index is 1.99. The van der Waals surface area contributed by atoms with Crippen LogP contribution in [0.25, 0.3) is 0 Å². The molecule has 3 aliphatic heterocycles. The van der Waals surface area contributed by atoms with E-state index in [1.165, 1.54) is 7.11 Å². The molecule has 3 rings (SSSR count). The first-order valence-electron chi connectivity index (χ1n) is 32.5. The highest BCUT2D eigenvalue weighted by atomic mass is 16.7. The van der Waals surface area contributed by atoms with Crippen LogP contribution in [0.1, 0.15) is 132 Å². The number of amides is 2. The van der Waals surface area contributed by atoms with Crippen LogP contribution in [-0.4, -0.2) is 333 Å². The largest absolute Gasteiger partial charge is 0.469 e. The Hall–Kier alpha value is -4.64. The third kappa shape index (κ3) is 35.4. The maximum Gasteiger partial charge on any atom is 0.320 e. The molecule has 0 radical (unpaired) electrons. The van der Waals surface area contributed by atoms with Gasteiger partial charge in [-0.3, -0.25) is 77.6 Å². The van der Waals surface area contributed by atoms with Crippen LogP contribution in [0.4, 0.5) is 0 Å². The van der Waals surface area contributed by atoms with Crippen LogP contribution >= 0.6 is 0 Å². The minimum Gasteiger partial charge on any atom is -0.469 e. The molecule has 0 aromatic heterocycles. The highest BCUT2D eigenvalue weighted by Crippen LogP contribution is 2.23. The Bertz CT molecular complexity index is 2290. The molecule has 0 N–H and O–H groups in total. The molecule has 0 aromatic carbocycles. The van der Waals surface area contributed by atoms with E-state index >= 15 is 0 Å². The molecule has 26 heteroatoms. The molecule has 91 heavy (non-hydrogen) atoms. The second kappa shape index (κ2) is 35.7. The van der Waals surface area contributed by atoms with Crippen molar-refractivity contribution in [1.29, 1.82) is 0 Å². The minimum absolute atomic E-state index is 0.00223. The van der Waals surface area contributed by atoms with Crippen molar-refractivity contribution < 1.29 is 76.3 Å². The fraction of sp³-hybridized carbons (Fsp3) is 0.877. The van der Waals surface area contributed by atoms with Crippen LogP contribution < -0.4 is 0 Å². The topological polar surface area (TPSA) is 243 Å². The monoisotopic (exact) mass is 1300 g/mol. The molecule has 0 saturated carbocycles. The molecule has 2 unspecified atom stereocenters. The first kappa shape index (κ1) is 80.6. The van der Waals surface area contributed by atoms with E-state index in [0.717, 1.165) is 0 Å². The first-order chi connectivity index (χ1) is 41.8. The highest BCUT2D eigenvalue weighted by Gasteiger charge is 2.37. The van der Waals surface area contributed by atoms with Gasteiger partial charge < -0.3 is 47.7 Å². The summed E-state index contributed by atoms with van der Waals surface area (Å²) in [5.74, 6) is -5.05. The Kier molecular flexibility index (Phi) is 31.7. The summed E-state index contributed by atoms with van der Waals surface area (Å²) in [6.07, 6.45) is 0. The van der Waals surface area contributed by atoms with Crippen molar-refractivity contribution in [1.82, 2.24) is 49.0 Å². The lowest BCUT2D eigenvalue weighted by Crippen LogP contribution is -2.53. The highest BCUT2D eigenvalue weighted by molar-refractivity contribution is 5.82. The minimum atomic E-state index is -1.03. The van der Waals surface area contributed by atoms with Crippen LogP contribution in [0.2, 0.25) is 0 Å². The number of ether oxygens (including phenoxy) is 8. The summed E-state index contributed by atoms with van der Waals surface area (Å²) >= 11 is 0. The van der Waals surface area contributed by atoms with E-state index in [9.17, 15) is 38.4 Å². The van der Waals surface area contributed by atoms with Crippen LogP contribution in [0, 0.1) is 5.92 Å². The Morgan fingerprint density at radius 3 is 0.725 bits per heavy atom. The van der Waals surface area contributed by atoms with Gasteiger partial charge >= 0.3 is 35.8 Å². The number of hydrogen-bond donors (Lipinski definition) is 0. The summed E-state index contributed by atoms with van der Waals surface area (Å²) in [5, 5.41) is 0. The van der Waals surface area contributed by atoms with Crippen molar-refractivity contribution in [2.24, 2.45) is 5.92 Å². The van der Waals surface area contributed by atoms with Gasteiger partial charge in [0.05, 0.1) is 71.0 Å². The molecule has 2 amide bonds. The van der Waals surface area contributed by atoms with Gasteiger partial charge in [0.25, 0.3) is 0 Å². The summed E-state index contributed by atoms with van der Waals surface area (Å²) in [4.78, 5) is 130. The fourth-order valence-electron chi connectivity index (χ4n) is 10.8. The van der Waals surface area contributed by atoms with Crippen molar-refractivity contribution in [2.45, 2.75) is 171 Å². The van der Waals surface area contributed by atoms with Crippen LogP contribution in [0.3, 0.4) is 0 Å². The van der Waals surface area contributed by atoms with Crippen molar-refractivity contribution in [3.63, 3.8) is 0 Å². The number of carbonyl (C=O) groups excluding carboxylic acids is 8. The predicted molar refractivity (Wildman–Crippen MR) is 346 cm³/mol. The van der Waals surface area contributed by atoms with Gasteiger partial charge in [-0.15, -0.1) is 0 Å². The number of rotatable bonds is 19. The summed E-state index contributed by atoms with van der Waals surface area (Å²) in [6, 6.07) is 0. The van der Waals surface area contributed by atoms with Crippen molar-refractivity contribution in [3.8, 4) is 0 Å². The van der Waals surface area contributed by atoms with Gasteiger partial charge in [0, 0.05) is 138 Å². The summed E-state index contributed by atoms with van der Waals surface area (Å²) < 4.78 is 46.6. The average Bonchev–Trinajstić information content (AvgIpc) is 1.90. The van der Waals surface area contributed by atoms with Crippen molar-refractivity contribution in [2.75, 3.05) is 197 Å². The molecule has 3 saturated heterocycles. The lowest BCUT2D eigenvalue weighted by molar-refractivity contribution is -0.263. The van der Waals surface area contributed by atoms with E-state index in [1.807, 2.05) is 124 Å². The Morgan fingerprint density at radius 2 is 0.527 bits per heavy atom. The summed E-state index contributed by atoms with van der Waals surface area (Å²) in [5.41, 5.74) is -4.13. The van der Waals surface area contributed by atoms with Gasteiger partial charge in [0.2, 0.25) is 11.8 Å². The maximum atomic E-state index is 14.9. The van der Waals surface area contributed by atoms with Gasteiger partial charge in [-0.2, -0.15) is 0 Å². The zero-order chi connectivity index (χ0) is 68.9. The third-order valence-electron chi connectivity index (χ3n) is 14.7. The van der Waals surface area contributed by atoms with E-state index in [4.69, 9.17) is 37.9 Å². The van der Waals surface area contributed by atoms with E-state index in [1.54, 1.807) is 58.5 Å². The average molecular weight is 1300 g/mol. The molecule has 26 nitrogen and oxygen atoms in total. The Morgan fingerprint density at radius 1 is 0.308 bits per heavy atom. The molecule has 3 aliphatic rings. The lowest BCUT2D eigenvalue weighted by atomic mass is 10.1. The normalized spacial score (nSPS) is 20.5. The predicted octanol–water partition coefficient (Wildman–Crippen LogP) is 2.78. The van der Waals surface area contributed by atoms with E-state index in [2.05, 4.69) is 4.90 Å². The second-order valence-corrected chi connectivity index (χ2v) is 30.6. The summed E-state index contributed by atoms with van der Waals surface area (Å²) in [6.45, 7) is 41.4. The maximum absolute atomic E-state index is 14.9. The van der Waals surface area contributed by atoms with E-state index < -0.39 is 75.2 Å². The lowest BCUT2D eigenvalue weighted by Gasteiger charge is -2.40. The van der Waals surface area contributed by atoms with E-state index in [-0.39, 0.29) is 89.8 Å². The number of hydrogen-bond acceptors (Lipinski definition) is 24. The molecule has 526 valence electrons. The quantitative estimate of drug-likeness (QED) is 0.103. The van der Waals surface area contributed by atoms with Crippen molar-refractivity contribution in [3.05, 3.63) is 0 Å². The number of carbonyl (C=O) groups is 8. The van der Waals surface area contributed by atoms with Gasteiger partial charge in [0.1, 0.15) is 28.0 Å². The van der Waals surface area contributed by atoms with Gasteiger partial charge in [-0.25, -0.2) is 0 Å². The molecule has 3 fully saturated rings. The molecule has 2 atom stereocenters. The second-order valence-electron chi connectivity index (χ2n) is 30.6. The fourth-order valence-corrected chi connectivity index (χ4v) is 10.8. The first-order valence-corrected chi connectivity index (χ1v) is 32.5. The number of methoxy groups -OCH3 is 2. The molecule has 0 aliphatic carbocycles.